The smallest absolute Gasteiger partial charge is 0.337 e. The Morgan fingerprint density at radius 3 is 2.29 bits per heavy atom. The summed E-state index contributed by atoms with van der Waals surface area (Å²) in [5.41, 5.74) is 1.02. The van der Waals surface area contributed by atoms with Crippen molar-refractivity contribution in [2.24, 2.45) is 0 Å². The van der Waals surface area contributed by atoms with Crippen LogP contribution >= 0.6 is 11.3 Å². The van der Waals surface area contributed by atoms with Gasteiger partial charge in [0.15, 0.2) is 0 Å². The Kier molecular flexibility index (Phi) is 6.70. The van der Waals surface area contributed by atoms with Crippen molar-refractivity contribution in [3.05, 3.63) is 76.5 Å². The molecule has 0 unspecified atom stereocenters. The summed E-state index contributed by atoms with van der Waals surface area (Å²) in [6.07, 6.45) is 1.65. The van der Waals surface area contributed by atoms with Crippen molar-refractivity contribution in [1.82, 2.24) is 0 Å². The van der Waals surface area contributed by atoms with Crippen LogP contribution in [0.2, 0.25) is 0 Å². The molecule has 0 atom stereocenters. The molecule has 0 aliphatic carbocycles. The van der Waals surface area contributed by atoms with E-state index in [1.807, 2.05) is 60.0 Å². The number of aliphatic carboxylic acids is 1. The summed E-state index contributed by atoms with van der Waals surface area (Å²) in [5.74, 6) is 1.14. The van der Waals surface area contributed by atoms with Crippen LogP contribution in [0.15, 0.2) is 66.0 Å². The van der Waals surface area contributed by atoms with E-state index in [-0.39, 0.29) is 5.57 Å². The Hall–Kier alpha value is -3.25. The number of hydrogen-bond donors (Lipinski definition) is 1. The molecule has 1 N–H and O–H groups in total. The zero-order valence-electron chi connectivity index (χ0n) is 15.3. The average molecular weight is 396 g/mol. The van der Waals surface area contributed by atoms with Crippen LogP contribution in [-0.4, -0.2) is 31.4 Å². The van der Waals surface area contributed by atoms with E-state index in [1.165, 1.54) is 11.3 Å². The third-order valence-electron chi connectivity index (χ3n) is 3.85. The fourth-order valence-electron chi connectivity index (χ4n) is 2.54. The minimum absolute atomic E-state index is 0.258. The summed E-state index contributed by atoms with van der Waals surface area (Å²) in [5, 5.41) is 11.3. The molecule has 0 bridgehead atoms. The van der Waals surface area contributed by atoms with Crippen LogP contribution in [0.3, 0.4) is 0 Å². The van der Waals surface area contributed by atoms with Gasteiger partial charge in [0.1, 0.15) is 30.5 Å². The van der Waals surface area contributed by atoms with E-state index >= 15 is 0 Å². The number of rotatable bonds is 9. The van der Waals surface area contributed by atoms with Crippen LogP contribution in [0.25, 0.3) is 11.6 Å². The van der Waals surface area contributed by atoms with Gasteiger partial charge in [0.05, 0.1) is 12.7 Å². The van der Waals surface area contributed by atoms with E-state index in [1.54, 1.807) is 19.3 Å². The maximum absolute atomic E-state index is 11.6. The molecule has 0 aliphatic heterocycles. The summed E-state index contributed by atoms with van der Waals surface area (Å²) < 4.78 is 16.5. The first kappa shape index (κ1) is 19.5. The molecule has 6 heteroatoms. The lowest BCUT2D eigenvalue weighted by atomic mass is 10.1. The first-order chi connectivity index (χ1) is 13.7. The molecule has 5 nitrogen and oxygen atoms in total. The monoisotopic (exact) mass is 396 g/mol. The number of methoxy groups -OCH3 is 1. The molecule has 144 valence electrons. The van der Waals surface area contributed by atoms with Crippen molar-refractivity contribution in [2.45, 2.75) is 0 Å². The second-order valence-electron chi connectivity index (χ2n) is 5.79. The van der Waals surface area contributed by atoms with Gasteiger partial charge < -0.3 is 19.3 Å². The Morgan fingerprint density at radius 2 is 1.64 bits per heavy atom. The number of hydrogen-bond acceptors (Lipinski definition) is 5. The second-order valence-corrected chi connectivity index (χ2v) is 6.74. The Bertz CT molecular complexity index is 947. The summed E-state index contributed by atoms with van der Waals surface area (Å²) in [6.45, 7) is 0.740. The van der Waals surface area contributed by atoms with Crippen LogP contribution in [0.5, 0.6) is 17.2 Å². The molecule has 0 amide bonds. The molecule has 1 heterocycles. The minimum Gasteiger partial charge on any atom is -0.497 e. The quantitative estimate of drug-likeness (QED) is 0.414. The largest absolute Gasteiger partial charge is 0.497 e. The van der Waals surface area contributed by atoms with E-state index in [0.29, 0.717) is 29.6 Å². The van der Waals surface area contributed by atoms with Crippen LogP contribution in [-0.2, 0) is 4.79 Å². The van der Waals surface area contributed by atoms with Gasteiger partial charge in [-0.1, -0.05) is 24.3 Å². The Morgan fingerprint density at radius 1 is 0.964 bits per heavy atom. The predicted octanol–water partition coefficient (Wildman–Crippen LogP) is 4.84. The number of carbonyl (C=O) groups is 1. The molecule has 3 rings (SSSR count). The highest BCUT2D eigenvalue weighted by molar-refractivity contribution is 7.11. The number of carboxylic acid groups (broad SMARTS) is 1. The average Bonchev–Trinajstić information content (AvgIpc) is 3.24. The van der Waals surface area contributed by atoms with E-state index in [4.69, 9.17) is 14.2 Å². The highest BCUT2D eigenvalue weighted by Gasteiger charge is 2.11. The van der Waals surface area contributed by atoms with Crippen molar-refractivity contribution in [2.75, 3.05) is 20.3 Å². The number of ether oxygens (including phenoxy) is 3. The third-order valence-corrected chi connectivity index (χ3v) is 4.75. The molecule has 0 spiro atoms. The summed E-state index contributed by atoms with van der Waals surface area (Å²) >= 11 is 1.39. The van der Waals surface area contributed by atoms with Gasteiger partial charge in [-0.25, -0.2) is 4.79 Å². The van der Waals surface area contributed by atoms with Crippen LogP contribution in [0.1, 0.15) is 10.4 Å². The van der Waals surface area contributed by atoms with Crippen molar-refractivity contribution >= 4 is 29.0 Å². The Labute approximate surface area is 167 Å². The van der Waals surface area contributed by atoms with Crippen molar-refractivity contribution in [1.29, 1.82) is 0 Å². The number of benzene rings is 2. The number of carboxylic acids is 1. The van der Waals surface area contributed by atoms with Crippen molar-refractivity contribution < 1.29 is 24.1 Å². The van der Waals surface area contributed by atoms with Crippen LogP contribution < -0.4 is 14.2 Å². The molecule has 0 saturated carbocycles. The van der Waals surface area contributed by atoms with Gasteiger partial charge in [-0.2, -0.15) is 0 Å². The SMILES string of the molecule is COc1cccc(OCCOc2cccc(/C=C(\C(=O)O)c3cccs3)c2)c1. The third kappa shape index (κ3) is 5.37. The highest BCUT2D eigenvalue weighted by Crippen LogP contribution is 2.25. The van der Waals surface area contributed by atoms with Crippen LogP contribution in [0.4, 0.5) is 0 Å². The standard InChI is InChI=1S/C22H20O5S/c1-25-17-6-3-8-19(15-17)27-11-10-26-18-7-2-5-16(13-18)14-20(22(23)24)21-9-4-12-28-21/h2-9,12-15H,10-11H2,1H3,(H,23,24)/b20-14-. The topological polar surface area (TPSA) is 65.0 Å². The Balaban J connectivity index is 1.60. The summed E-state index contributed by atoms with van der Waals surface area (Å²) in [6, 6.07) is 18.3. The normalized spacial score (nSPS) is 11.1. The fraction of sp³-hybridized carbons (Fsp3) is 0.136. The van der Waals surface area contributed by atoms with Gasteiger partial charge in [0, 0.05) is 10.9 Å². The lowest BCUT2D eigenvalue weighted by Gasteiger charge is -2.10. The van der Waals surface area contributed by atoms with Crippen LogP contribution in [0, 0.1) is 0 Å². The fourth-order valence-corrected chi connectivity index (χ4v) is 3.27. The zero-order chi connectivity index (χ0) is 19.8. The maximum Gasteiger partial charge on any atom is 0.337 e. The van der Waals surface area contributed by atoms with Gasteiger partial charge in [-0.3, -0.25) is 0 Å². The molecule has 28 heavy (non-hydrogen) atoms. The van der Waals surface area contributed by atoms with E-state index in [9.17, 15) is 9.90 Å². The van der Waals surface area contributed by atoms with E-state index < -0.39 is 5.97 Å². The molecule has 3 aromatic rings. The molecule has 0 radical (unpaired) electrons. The van der Waals surface area contributed by atoms with Gasteiger partial charge in [0.2, 0.25) is 0 Å². The van der Waals surface area contributed by atoms with Gasteiger partial charge >= 0.3 is 5.97 Å². The van der Waals surface area contributed by atoms with Gasteiger partial charge in [-0.05, 0) is 47.4 Å². The molecule has 0 saturated heterocycles. The molecule has 0 fully saturated rings. The molecule has 0 aliphatic rings. The van der Waals surface area contributed by atoms with E-state index in [0.717, 1.165) is 11.3 Å². The van der Waals surface area contributed by atoms with E-state index in [2.05, 4.69) is 0 Å². The zero-order valence-corrected chi connectivity index (χ0v) is 16.1. The number of thiophene rings is 1. The molecular formula is C22H20O5S. The molecular weight excluding hydrogens is 376 g/mol. The first-order valence-electron chi connectivity index (χ1n) is 8.64. The highest BCUT2D eigenvalue weighted by atomic mass is 32.1. The summed E-state index contributed by atoms with van der Waals surface area (Å²) in [4.78, 5) is 12.3. The minimum atomic E-state index is -0.958. The molecule has 1 aromatic heterocycles. The van der Waals surface area contributed by atoms with Crippen molar-refractivity contribution in [3.8, 4) is 17.2 Å². The van der Waals surface area contributed by atoms with Gasteiger partial charge in [0.25, 0.3) is 0 Å². The first-order valence-corrected chi connectivity index (χ1v) is 9.52. The lowest BCUT2D eigenvalue weighted by Crippen LogP contribution is -2.09. The molecule has 2 aromatic carbocycles. The van der Waals surface area contributed by atoms with Crippen molar-refractivity contribution in [3.63, 3.8) is 0 Å². The lowest BCUT2D eigenvalue weighted by molar-refractivity contribution is -0.130. The second kappa shape index (κ2) is 9.62. The predicted molar refractivity (Wildman–Crippen MR) is 110 cm³/mol. The summed E-state index contributed by atoms with van der Waals surface area (Å²) in [7, 11) is 1.61. The van der Waals surface area contributed by atoms with Gasteiger partial charge in [-0.15, -0.1) is 11.3 Å². The maximum atomic E-state index is 11.6.